The van der Waals surface area contributed by atoms with Gasteiger partial charge >= 0.3 is 0 Å². The van der Waals surface area contributed by atoms with Crippen molar-refractivity contribution in [2.45, 2.75) is 0 Å². The average Bonchev–Trinajstić information content (AvgIpc) is 2.07. The van der Waals surface area contributed by atoms with E-state index in [2.05, 4.69) is 9.97 Å². The lowest BCUT2D eigenvalue weighted by molar-refractivity contribution is 1.17. The fourth-order valence-electron chi connectivity index (χ4n) is 1.09. The average molecular weight is 156 g/mol. The molecule has 0 saturated heterocycles. The molecule has 56 valence electrons. The molecular formula is C8H5BN2O. The summed E-state index contributed by atoms with van der Waals surface area (Å²) in [5.74, 6) is 0. The van der Waals surface area contributed by atoms with Gasteiger partial charge in [0.05, 0.1) is 17.2 Å². The Bertz CT molecular complexity index is 478. The number of nitrogens with zero attached hydrogens (tertiary/aromatic N) is 1. The number of benzene rings is 1. The lowest BCUT2D eigenvalue weighted by Gasteiger charge is -1.95. The molecule has 12 heavy (non-hydrogen) atoms. The molecule has 1 aromatic heterocycles. The predicted molar refractivity (Wildman–Crippen MR) is 47.8 cm³/mol. The maximum absolute atomic E-state index is 11.2. The molecule has 0 unspecified atom stereocenters. The SMILES string of the molecule is [B]c1ccc2nc[nH]c(=O)c2c1. The highest BCUT2D eigenvalue weighted by molar-refractivity contribution is 6.33. The van der Waals surface area contributed by atoms with Gasteiger partial charge in [-0.3, -0.25) is 4.79 Å². The molecule has 3 nitrogen and oxygen atoms in total. The number of H-pyrrole nitrogens is 1. The van der Waals surface area contributed by atoms with Crippen LogP contribution in [-0.4, -0.2) is 17.8 Å². The molecule has 0 atom stereocenters. The number of fused-ring (bicyclic) bond motifs is 1. The zero-order valence-electron chi connectivity index (χ0n) is 6.24. The highest BCUT2D eigenvalue weighted by Crippen LogP contribution is 2.00. The van der Waals surface area contributed by atoms with Crippen LogP contribution in [0.25, 0.3) is 10.9 Å². The Kier molecular flexibility index (Phi) is 1.47. The molecule has 1 aromatic carbocycles. The summed E-state index contributed by atoms with van der Waals surface area (Å²) in [6.07, 6.45) is 1.38. The third-order valence-electron chi connectivity index (χ3n) is 1.66. The molecule has 0 bridgehead atoms. The van der Waals surface area contributed by atoms with Gasteiger partial charge < -0.3 is 4.98 Å². The van der Waals surface area contributed by atoms with E-state index in [4.69, 9.17) is 7.85 Å². The summed E-state index contributed by atoms with van der Waals surface area (Å²) in [7, 11) is 5.51. The van der Waals surface area contributed by atoms with Crippen LogP contribution >= 0.6 is 0 Å². The minimum absolute atomic E-state index is 0.160. The van der Waals surface area contributed by atoms with Crippen LogP contribution in [-0.2, 0) is 0 Å². The van der Waals surface area contributed by atoms with Gasteiger partial charge in [-0.25, -0.2) is 4.98 Å². The van der Waals surface area contributed by atoms with Crippen molar-refractivity contribution in [3.8, 4) is 0 Å². The summed E-state index contributed by atoms with van der Waals surface area (Å²) >= 11 is 0. The lowest BCUT2D eigenvalue weighted by Crippen LogP contribution is -2.10. The molecule has 1 heterocycles. The van der Waals surface area contributed by atoms with E-state index < -0.39 is 0 Å². The van der Waals surface area contributed by atoms with Crippen LogP contribution in [0.1, 0.15) is 0 Å². The summed E-state index contributed by atoms with van der Waals surface area (Å²) < 4.78 is 0. The molecule has 0 amide bonds. The molecular weight excluding hydrogens is 151 g/mol. The van der Waals surface area contributed by atoms with Gasteiger partial charge in [-0.15, -0.1) is 0 Å². The minimum Gasteiger partial charge on any atom is -0.313 e. The van der Waals surface area contributed by atoms with Crippen LogP contribution in [0.15, 0.2) is 29.3 Å². The Labute approximate surface area is 69.9 Å². The maximum Gasteiger partial charge on any atom is 0.258 e. The van der Waals surface area contributed by atoms with E-state index >= 15 is 0 Å². The Hall–Kier alpha value is -1.58. The standard InChI is InChI=1S/C8H5BN2O/c9-5-1-2-7-6(3-5)8(12)11-4-10-7/h1-4H,(H,10,11,12). The number of hydrogen-bond acceptors (Lipinski definition) is 2. The zero-order chi connectivity index (χ0) is 8.55. The van der Waals surface area contributed by atoms with Gasteiger partial charge in [0, 0.05) is 0 Å². The third-order valence-corrected chi connectivity index (χ3v) is 1.66. The minimum atomic E-state index is -0.160. The van der Waals surface area contributed by atoms with Crippen molar-refractivity contribution in [1.29, 1.82) is 0 Å². The summed E-state index contributed by atoms with van der Waals surface area (Å²) in [6.45, 7) is 0. The van der Waals surface area contributed by atoms with Crippen molar-refractivity contribution in [3.05, 3.63) is 34.9 Å². The number of nitrogens with one attached hydrogen (secondary N) is 1. The molecule has 0 aliphatic carbocycles. The first kappa shape index (κ1) is 7.09. The summed E-state index contributed by atoms with van der Waals surface area (Å²) in [5.41, 5.74) is 1.07. The van der Waals surface area contributed by atoms with Crippen molar-refractivity contribution < 1.29 is 0 Å². The van der Waals surface area contributed by atoms with Crippen molar-refractivity contribution >= 4 is 24.2 Å². The van der Waals surface area contributed by atoms with Crippen LogP contribution in [0.2, 0.25) is 0 Å². The van der Waals surface area contributed by atoms with Gasteiger partial charge in [0.1, 0.15) is 7.85 Å². The Balaban J connectivity index is 2.98. The van der Waals surface area contributed by atoms with E-state index in [1.807, 2.05) is 0 Å². The molecule has 0 saturated carbocycles. The van der Waals surface area contributed by atoms with Gasteiger partial charge in [0.25, 0.3) is 5.56 Å². The largest absolute Gasteiger partial charge is 0.313 e. The lowest BCUT2D eigenvalue weighted by atomic mass is 9.95. The first-order valence-corrected chi connectivity index (χ1v) is 3.50. The smallest absolute Gasteiger partial charge is 0.258 e. The summed E-state index contributed by atoms with van der Waals surface area (Å²) in [6, 6.07) is 5.05. The van der Waals surface area contributed by atoms with Crippen molar-refractivity contribution in [2.75, 3.05) is 0 Å². The molecule has 0 fully saturated rings. The summed E-state index contributed by atoms with van der Waals surface area (Å²) in [5, 5.41) is 0.525. The number of rotatable bonds is 0. The quantitative estimate of drug-likeness (QED) is 0.533. The summed E-state index contributed by atoms with van der Waals surface area (Å²) in [4.78, 5) is 17.6. The van der Waals surface area contributed by atoms with Gasteiger partial charge in [0.2, 0.25) is 0 Å². The molecule has 0 aliphatic heterocycles. The van der Waals surface area contributed by atoms with Gasteiger partial charge in [-0.1, -0.05) is 17.6 Å². The van der Waals surface area contributed by atoms with E-state index in [9.17, 15) is 4.79 Å². The zero-order valence-corrected chi connectivity index (χ0v) is 6.24. The first-order chi connectivity index (χ1) is 5.77. The molecule has 1 N–H and O–H groups in total. The van der Waals surface area contributed by atoms with E-state index in [1.54, 1.807) is 18.2 Å². The van der Waals surface area contributed by atoms with Crippen LogP contribution in [0.3, 0.4) is 0 Å². The molecule has 0 spiro atoms. The second-order valence-corrected chi connectivity index (χ2v) is 2.51. The van der Waals surface area contributed by atoms with Crippen LogP contribution < -0.4 is 11.0 Å². The van der Waals surface area contributed by atoms with E-state index in [-0.39, 0.29) is 5.56 Å². The second-order valence-electron chi connectivity index (χ2n) is 2.51. The number of aromatic nitrogens is 2. The van der Waals surface area contributed by atoms with E-state index in [0.29, 0.717) is 16.4 Å². The molecule has 0 aliphatic rings. The van der Waals surface area contributed by atoms with Crippen molar-refractivity contribution in [1.82, 2.24) is 9.97 Å². The fraction of sp³-hybridized carbons (Fsp3) is 0. The number of hydrogen-bond donors (Lipinski definition) is 1. The monoisotopic (exact) mass is 156 g/mol. The third kappa shape index (κ3) is 1.01. The van der Waals surface area contributed by atoms with Gasteiger partial charge in [0.15, 0.2) is 0 Å². The molecule has 2 aromatic rings. The predicted octanol–water partition coefficient (Wildman–Crippen LogP) is -0.283. The van der Waals surface area contributed by atoms with Crippen molar-refractivity contribution in [3.63, 3.8) is 0 Å². The van der Waals surface area contributed by atoms with Gasteiger partial charge in [-0.2, -0.15) is 0 Å². The normalized spacial score (nSPS) is 10.3. The highest BCUT2D eigenvalue weighted by atomic mass is 16.1. The Morgan fingerprint density at radius 3 is 3.08 bits per heavy atom. The van der Waals surface area contributed by atoms with Crippen LogP contribution in [0, 0.1) is 0 Å². The van der Waals surface area contributed by atoms with Crippen molar-refractivity contribution in [2.24, 2.45) is 0 Å². The van der Waals surface area contributed by atoms with Crippen LogP contribution in [0.5, 0.6) is 0 Å². The van der Waals surface area contributed by atoms with Crippen LogP contribution in [0.4, 0.5) is 0 Å². The topological polar surface area (TPSA) is 45.8 Å². The Morgan fingerprint density at radius 2 is 2.25 bits per heavy atom. The highest BCUT2D eigenvalue weighted by Gasteiger charge is 1.96. The first-order valence-electron chi connectivity index (χ1n) is 3.50. The molecule has 4 heteroatoms. The fourth-order valence-corrected chi connectivity index (χ4v) is 1.09. The molecule has 2 rings (SSSR count). The number of aromatic amines is 1. The van der Waals surface area contributed by atoms with Gasteiger partial charge in [-0.05, 0) is 6.07 Å². The van der Waals surface area contributed by atoms with E-state index in [0.717, 1.165) is 0 Å². The second kappa shape index (κ2) is 2.48. The molecule has 2 radical (unpaired) electrons. The van der Waals surface area contributed by atoms with E-state index in [1.165, 1.54) is 6.33 Å². The maximum atomic E-state index is 11.2. The Morgan fingerprint density at radius 1 is 1.42 bits per heavy atom.